The van der Waals surface area contributed by atoms with Gasteiger partial charge in [-0.15, -0.1) is 0 Å². The molecule has 0 spiro atoms. The van der Waals surface area contributed by atoms with Crippen LogP contribution in [0.15, 0.2) is 24.3 Å². The molecule has 1 heterocycles. The number of hydrogen-bond acceptors (Lipinski definition) is 5. The van der Waals surface area contributed by atoms with Crippen LogP contribution in [0.5, 0.6) is 5.75 Å². The number of para-hydroxylation sites is 1. The highest BCUT2D eigenvalue weighted by Gasteiger charge is 2.26. The Labute approximate surface area is 131 Å². The number of morpholine rings is 1. The van der Waals surface area contributed by atoms with E-state index in [2.05, 4.69) is 14.3 Å². The van der Waals surface area contributed by atoms with Gasteiger partial charge in [-0.1, -0.05) is 18.2 Å². The molecule has 1 aromatic carbocycles. The molecule has 0 radical (unpaired) electrons. The van der Waals surface area contributed by atoms with E-state index in [0.29, 0.717) is 13.2 Å². The number of nitrogens with zero attached hydrogens (tertiary/aromatic N) is 1. The fourth-order valence-corrected chi connectivity index (χ4v) is 3.05. The molecule has 1 atom stereocenters. The van der Waals surface area contributed by atoms with E-state index < -0.39 is 10.2 Å². The zero-order chi connectivity index (χ0) is 16.0. The minimum absolute atomic E-state index is 0.108. The second-order valence-electron chi connectivity index (χ2n) is 4.96. The maximum absolute atomic E-state index is 11.7. The Morgan fingerprint density at radius 1 is 1.32 bits per heavy atom. The first-order chi connectivity index (χ1) is 10.6. The van der Waals surface area contributed by atoms with Gasteiger partial charge in [0.25, 0.3) is 10.2 Å². The van der Waals surface area contributed by atoms with Gasteiger partial charge < -0.3 is 9.47 Å². The molecule has 0 amide bonds. The summed E-state index contributed by atoms with van der Waals surface area (Å²) in [6.45, 7) is 3.06. The molecule has 8 heteroatoms. The number of nitrogens with one attached hydrogen (secondary N) is 2. The maximum atomic E-state index is 11.7. The van der Waals surface area contributed by atoms with E-state index in [1.165, 1.54) is 7.05 Å². The van der Waals surface area contributed by atoms with Gasteiger partial charge in [-0.3, -0.25) is 4.90 Å². The van der Waals surface area contributed by atoms with Crippen molar-refractivity contribution < 1.29 is 17.9 Å². The molecule has 1 aliphatic heterocycles. The predicted molar refractivity (Wildman–Crippen MR) is 84.1 cm³/mol. The largest absolute Gasteiger partial charge is 0.496 e. The van der Waals surface area contributed by atoms with Crippen LogP contribution in [0.3, 0.4) is 0 Å². The molecule has 0 bridgehead atoms. The van der Waals surface area contributed by atoms with E-state index in [4.69, 9.17) is 9.47 Å². The third kappa shape index (κ3) is 4.40. The smallest absolute Gasteiger partial charge is 0.276 e. The lowest BCUT2D eigenvalue weighted by Crippen LogP contribution is -2.45. The highest BCUT2D eigenvalue weighted by molar-refractivity contribution is 7.87. The Morgan fingerprint density at radius 2 is 2.00 bits per heavy atom. The van der Waals surface area contributed by atoms with Crippen molar-refractivity contribution in [1.29, 1.82) is 0 Å². The van der Waals surface area contributed by atoms with Gasteiger partial charge >= 0.3 is 0 Å². The standard InChI is InChI=1S/C14H23N3O4S/c1-15-22(18,19)16-11-13(17-7-9-21-10-8-17)12-5-3-4-6-14(12)20-2/h3-6,13,15-16H,7-11H2,1-2H3. The molecule has 2 N–H and O–H groups in total. The van der Waals surface area contributed by atoms with Gasteiger partial charge in [0.1, 0.15) is 5.75 Å². The summed E-state index contributed by atoms with van der Waals surface area (Å²) in [6, 6.07) is 7.57. The summed E-state index contributed by atoms with van der Waals surface area (Å²) in [5.41, 5.74) is 0.964. The summed E-state index contributed by atoms with van der Waals surface area (Å²) in [6.07, 6.45) is 0. The summed E-state index contributed by atoms with van der Waals surface area (Å²) in [4.78, 5) is 2.21. The fraction of sp³-hybridized carbons (Fsp3) is 0.571. The van der Waals surface area contributed by atoms with Crippen molar-refractivity contribution in [3.63, 3.8) is 0 Å². The first-order valence-corrected chi connectivity index (χ1v) is 8.68. The molecular formula is C14H23N3O4S. The van der Waals surface area contributed by atoms with Gasteiger partial charge in [-0.25, -0.2) is 9.44 Å². The Morgan fingerprint density at radius 3 is 2.64 bits per heavy atom. The average Bonchev–Trinajstić information content (AvgIpc) is 2.56. The lowest BCUT2D eigenvalue weighted by molar-refractivity contribution is 0.0167. The van der Waals surface area contributed by atoms with Gasteiger partial charge in [0.15, 0.2) is 0 Å². The van der Waals surface area contributed by atoms with Gasteiger partial charge in [0.05, 0.1) is 26.4 Å². The molecule has 1 aliphatic rings. The van der Waals surface area contributed by atoms with Crippen molar-refractivity contribution in [2.75, 3.05) is 47.0 Å². The summed E-state index contributed by atoms with van der Waals surface area (Å²) in [7, 11) is -0.477. The topological polar surface area (TPSA) is 79.9 Å². The Bertz CT molecular complexity index is 573. The van der Waals surface area contributed by atoms with Crippen molar-refractivity contribution in [1.82, 2.24) is 14.3 Å². The molecule has 1 aromatic rings. The normalized spacial score (nSPS) is 18.1. The number of ether oxygens (including phenoxy) is 2. The molecule has 0 aliphatic carbocycles. The molecule has 0 saturated carbocycles. The van der Waals surface area contributed by atoms with E-state index in [9.17, 15) is 8.42 Å². The third-order valence-corrected chi connectivity index (χ3v) is 4.80. The van der Waals surface area contributed by atoms with Crippen LogP contribution < -0.4 is 14.2 Å². The van der Waals surface area contributed by atoms with Gasteiger partial charge in [-0.2, -0.15) is 8.42 Å². The SMILES string of the molecule is CNS(=O)(=O)NCC(c1ccccc1OC)N1CCOCC1. The molecule has 22 heavy (non-hydrogen) atoms. The first kappa shape index (κ1) is 17.2. The molecule has 1 fully saturated rings. The van der Waals surface area contributed by atoms with E-state index in [-0.39, 0.29) is 12.6 Å². The molecular weight excluding hydrogens is 306 g/mol. The number of rotatable bonds is 7. The fourth-order valence-electron chi connectivity index (χ4n) is 2.53. The van der Waals surface area contributed by atoms with Crippen LogP contribution in [0.25, 0.3) is 0 Å². The number of benzene rings is 1. The number of methoxy groups -OCH3 is 1. The van der Waals surface area contributed by atoms with Crippen LogP contribution >= 0.6 is 0 Å². The Balaban J connectivity index is 2.24. The number of hydrogen-bond donors (Lipinski definition) is 2. The second kappa shape index (κ2) is 7.89. The molecule has 2 rings (SSSR count). The van der Waals surface area contributed by atoms with E-state index in [1.54, 1.807) is 7.11 Å². The van der Waals surface area contributed by atoms with Gasteiger partial charge in [0, 0.05) is 32.2 Å². The molecule has 7 nitrogen and oxygen atoms in total. The Hall–Kier alpha value is -1.19. The van der Waals surface area contributed by atoms with Crippen LogP contribution in [0.2, 0.25) is 0 Å². The van der Waals surface area contributed by atoms with Gasteiger partial charge in [0.2, 0.25) is 0 Å². The minimum atomic E-state index is -3.48. The molecule has 1 saturated heterocycles. The molecule has 0 aromatic heterocycles. The summed E-state index contributed by atoms with van der Waals surface area (Å²) >= 11 is 0. The third-order valence-electron chi connectivity index (χ3n) is 3.72. The molecule has 124 valence electrons. The van der Waals surface area contributed by atoms with Crippen LogP contribution in [-0.2, 0) is 14.9 Å². The minimum Gasteiger partial charge on any atom is -0.496 e. The summed E-state index contributed by atoms with van der Waals surface area (Å²) in [5.74, 6) is 0.752. The van der Waals surface area contributed by atoms with E-state index in [1.807, 2.05) is 24.3 Å². The highest BCUT2D eigenvalue weighted by Crippen LogP contribution is 2.29. The summed E-state index contributed by atoms with van der Waals surface area (Å²) < 4.78 is 39.0. The lowest BCUT2D eigenvalue weighted by Gasteiger charge is -2.35. The van der Waals surface area contributed by atoms with Crippen molar-refractivity contribution in [2.24, 2.45) is 0 Å². The van der Waals surface area contributed by atoms with Crippen LogP contribution in [0.4, 0.5) is 0 Å². The monoisotopic (exact) mass is 329 g/mol. The lowest BCUT2D eigenvalue weighted by atomic mass is 10.0. The highest BCUT2D eigenvalue weighted by atomic mass is 32.2. The van der Waals surface area contributed by atoms with Crippen molar-refractivity contribution >= 4 is 10.2 Å². The first-order valence-electron chi connectivity index (χ1n) is 7.20. The average molecular weight is 329 g/mol. The van der Waals surface area contributed by atoms with Crippen molar-refractivity contribution in [3.05, 3.63) is 29.8 Å². The van der Waals surface area contributed by atoms with Crippen LogP contribution in [0, 0.1) is 0 Å². The van der Waals surface area contributed by atoms with Crippen LogP contribution in [-0.4, -0.2) is 60.3 Å². The zero-order valence-electron chi connectivity index (χ0n) is 12.9. The second-order valence-corrected chi connectivity index (χ2v) is 6.67. The zero-order valence-corrected chi connectivity index (χ0v) is 13.7. The molecule has 1 unspecified atom stereocenters. The van der Waals surface area contributed by atoms with Crippen molar-refractivity contribution in [3.8, 4) is 5.75 Å². The van der Waals surface area contributed by atoms with E-state index in [0.717, 1.165) is 24.4 Å². The summed E-state index contributed by atoms with van der Waals surface area (Å²) in [5, 5.41) is 0. The predicted octanol–water partition coefficient (Wildman–Crippen LogP) is 0.122. The van der Waals surface area contributed by atoms with E-state index >= 15 is 0 Å². The van der Waals surface area contributed by atoms with Crippen LogP contribution in [0.1, 0.15) is 11.6 Å². The van der Waals surface area contributed by atoms with Gasteiger partial charge in [-0.05, 0) is 6.07 Å². The van der Waals surface area contributed by atoms with Crippen molar-refractivity contribution in [2.45, 2.75) is 6.04 Å². The maximum Gasteiger partial charge on any atom is 0.276 e. The Kier molecular flexibility index (Phi) is 6.16. The quantitative estimate of drug-likeness (QED) is 0.743.